The fourth-order valence-corrected chi connectivity index (χ4v) is 5.67. The molecule has 0 bridgehead atoms. The molecule has 1 fully saturated rings. The zero-order valence-electron chi connectivity index (χ0n) is 22.2. The Kier molecular flexibility index (Phi) is 5.79. The van der Waals surface area contributed by atoms with Gasteiger partial charge in [-0.3, -0.25) is 9.59 Å². The largest absolute Gasteiger partial charge is 0.365 e. The maximum absolute atomic E-state index is 14.2. The monoisotopic (exact) mass is 505 g/mol. The topological polar surface area (TPSA) is 63.4 Å². The van der Waals surface area contributed by atoms with Crippen LogP contribution in [0.4, 0.5) is 5.69 Å². The Hall–Kier alpha value is -4.39. The summed E-state index contributed by atoms with van der Waals surface area (Å²) < 4.78 is 3.26. The first kappa shape index (κ1) is 24.0. The molecule has 3 heterocycles. The molecule has 6 rings (SSSR count). The molecule has 7 heteroatoms. The Morgan fingerprint density at radius 3 is 2.39 bits per heavy atom. The number of hydrogen-bond acceptors (Lipinski definition) is 4. The number of carbonyl (C=O) groups is 1. The van der Waals surface area contributed by atoms with E-state index in [0.29, 0.717) is 35.4 Å². The molecular formula is C31H31N5O2. The number of rotatable bonds is 3. The number of carbonyl (C=O) groups excluding carboxylic acids is 1. The second-order valence-electron chi connectivity index (χ2n) is 10.3. The molecule has 1 atom stereocenters. The van der Waals surface area contributed by atoms with Crippen molar-refractivity contribution in [1.82, 2.24) is 19.2 Å². The summed E-state index contributed by atoms with van der Waals surface area (Å²) in [5.74, 6) is -0.150. The third-order valence-electron chi connectivity index (χ3n) is 7.67. The second-order valence-corrected chi connectivity index (χ2v) is 10.3. The normalized spacial score (nSPS) is 15.9. The number of benzene rings is 3. The fraction of sp³-hybridized carbons (Fsp3) is 0.258. The molecular weight excluding hydrogens is 474 g/mol. The van der Waals surface area contributed by atoms with Crippen molar-refractivity contribution in [3.8, 4) is 5.69 Å². The Morgan fingerprint density at radius 2 is 1.66 bits per heavy atom. The van der Waals surface area contributed by atoms with Crippen LogP contribution in [0.1, 0.15) is 28.5 Å². The summed E-state index contributed by atoms with van der Waals surface area (Å²) in [7, 11) is 1.88. The van der Waals surface area contributed by atoms with E-state index in [4.69, 9.17) is 5.10 Å². The first-order valence-electron chi connectivity index (χ1n) is 13.0. The van der Waals surface area contributed by atoms with Crippen molar-refractivity contribution in [3.05, 3.63) is 100.0 Å². The van der Waals surface area contributed by atoms with Gasteiger partial charge in [0.25, 0.3) is 11.5 Å². The lowest BCUT2D eigenvalue weighted by Gasteiger charge is -2.41. The van der Waals surface area contributed by atoms with E-state index in [2.05, 4.69) is 43.0 Å². The van der Waals surface area contributed by atoms with E-state index >= 15 is 0 Å². The van der Waals surface area contributed by atoms with Crippen LogP contribution in [-0.2, 0) is 7.05 Å². The highest BCUT2D eigenvalue weighted by Crippen LogP contribution is 2.30. The zero-order chi connectivity index (χ0) is 26.6. The predicted molar refractivity (Wildman–Crippen MR) is 152 cm³/mol. The van der Waals surface area contributed by atoms with Crippen molar-refractivity contribution in [2.45, 2.75) is 26.8 Å². The van der Waals surface area contributed by atoms with Gasteiger partial charge in [-0.2, -0.15) is 9.78 Å². The van der Waals surface area contributed by atoms with Gasteiger partial charge in [-0.15, -0.1) is 0 Å². The fourth-order valence-electron chi connectivity index (χ4n) is 5.67. The maximum Gasteiger partial charge on any atom is 0.296 e. The molecule has 1 aliphatic heterocycles. The summed E-state index contributed by atoms with van der Waals surface area (Å²) in [5, 5.41) is 6.22. The van der Waals surface area contributed by atoms with Gasteiger partial charge in [0.2, 0.25) is 0 Å². The number of fused-ring (bicyclic) bond motifs is 3. The highest BCUT2D eigenvalue weighted by Gasteiger charge is 2.31. The van der Waals surface area contributed by atoms with Crippen molar-refractivity contribution in [3.63, 3.8) is 0 Å². The van der Waals surface area contributed by atoms with Crippen molar-refractivity contribution >= 4 is 33.4 Å². The average molecular weight is 506 g/mol. The molecule has 0 saturated carbocycles. The molecule has 1 amide bonds. The molecule has 192 valence electrons. The lowest BCUT2D eigenvalue weighted by Crippen LogP contribution is -2.54. The molecule has 3 aromatic carbocycles. The van der Waals surface area contributed by atoms with Gasteiger partial charge in [0.1, 0.15) is 5.52 Å². The molecule has 5 aromatic rings. The van der Waals surface area contributed by atoms with Crippen LogP contribution in [0.2, 0.25) is 0 Å². The third kappa shape index (κ3) is 3.86. The van der Waals surface area contributed by atoms with Gasteiger partial charge < -0.3 is 14.4 Å². The number of nitrogens with zero attached hydrogens (tertiary/aromatic N) is 5. The molecule has 0 radical (unpaired) electrons. The molecule has 7 nitrogen and oxygen atoms in total. The van der Waals surface area contributed by atoms with Crippen LogP contribution in [0.15, 0.2) is 77.6 Å². The van der Waals surface area contributed by atoms with E-state index in [-0.39, 0.29) is 17.5 Å². The molecule has 0 N–H and O–H groups in total. The van der Waals surface area contributed by atoms with Gasteiger partial charge in [-0.05, 0) is 56.7 Å². The number of piperazine rings is 1. The summed E-state index contributed by atoms with van der Waals surface area (Å²) in [6, 6.07) is 24.1. The van der Waals surface area contributed by atoms with Crippen LogP contribution in [0.5, 0.6) is 0 Å². The number of aromatic nitrogens is 3. The van der Waals surface area contributed by atoms with E-state index in [0.717, 1.165) is 23.0 Å². The highest BCUT2D eigenvalue weighted by molar-refractivity contribution is 6.16. The summed E-state index contributed by atoms with van der Waals surface area (Å²) in [4.78, 5) is 32.2. The van der Waals surface area contributed by atoms with E-state index in [1.165, 1.54) is 15.9 Å². The number of aryl methyl sites for hydroxylation is 3. The van der Waals surface area contributed by atoms with Crippen LogP contribution in [0, 0.1) is 13.8 Å². The number of para-hydroxylation sites is 1. The SMILES string of the molecule is Cc1ccc(-n2nc(C(=O)N3CCN(c4cccc(C)c4)[C@H](C)C3)c3c4ccccc4n(C)c3c2=O)cc1. The minimum absolute atomic E-state index is 0.139. The molecule has 1 saturated heterocycles. The number of hydrogen-bond donors (Lipinski definition) is 0. The lowest BCUT2D eigenvalue weighted by molar-refractivity contribution is 0.0721. The third-order valence-corrected chi connectivity index (χ3v) is 7.67. The maximum atomic E-state index is 14.2. The molecule has 0 aliphatic carbocycles. The van der Waals surface area contributed by atoms with Gasteiger partial charge in [0, 0.05) is 54.7 Å². The van der Waals surface area contributed by atoms with Crippen LogP contribution < -0.4 is 10.5 Å². The summed E-state index contributed by atoms with van der Waals surface area (Å²) in [6.07, 6.45) is 0. The first-order chi connectivity index (χ1) is 18.3. The van der Waals surface area contributed by atoms with Crippen LogP contribution >= 0.6 is 0 Å². The van der Waals surface area contributed by atoms with E-state index in [1.807, 2.05) is 72.0 Å². The quantitative estimate of drug-likeness (QED) is 0.352. The number of amides is 1. The summed E-state index contributed by atoms with van der Waals surface area (Å²) >= 11 is 0. The van der Waals surface area contributed by atoms with Crippen molar-refractivity contribution < 1.29 is 4.79 Å². The highest BCUT2D eigenvalue weighted by atomic mass is 16.2. The Balaban J connectivity index is 1.47. The molecule has 2 aromatic heterocycles. The molecule has 38 heavy (non-hydrogen) atoms. The van der Waals surface area contributed by atoms with Gasteiger partial charge in [-0.1, -0.05) is 48.0 Å². The van der Waals surface area contributed by atoms with Gasteiger partial charge in [0.15, 0.2) is 5.69 Å². The van der Waals surface area contributed by atoms with Gasteiger partial charge in [0.05, 0.1) is 5.69 Å². The average Bonchev–Trinajstić information content (AvgIpc) is 3.22. The second kappa shape index (κ2) is 9.17. The van der Waals surface area contributed by atoms with Crippen LogP contribution in [0.25, 0.3) is 27.5 Å². The zero-order valence-corrected chi connectivity index (χ0v) is 22.2. The van der Waals surface area contributed by atoms with Crippen molar-refractivity contribution in [2.24, 2.45) is 7.05 Å². The standard InChI is InChI=1S/C31H31N5O2/c1-20-12-14-23(15-13-20)36-31(38)29-27(25-10-5-6-11-26(25)33(29)4)28(32-36)30(37)34-16-17-35(22(3)19-34)24-9-7-8-21(2)18-24/h5-15,18,22H,16-17,19H2,1-4H3/t22-/m1/s1. The van der Waals surface area contributed by atoms with Crippen LogP contribution in [0.3, 0.4) is 0 Å². The van der Waals surface area contributed by atoms with E-state index < -0.39 is 0 Å². The molecule has 1 aliphatic rings. The Morgan fingerprint density at radius 1 is 0.895 bits per heavy atom. The lowest BCUT2D eigenvalue weighted by atomic mass is 10.1. The summed E-state index contributed by atoms with van der Waals surface area (Å²) in [5.41, 5.74) is 5.57. The van der Waals surface area contributed by atoms with Gasteiger partial charge >= 0.3 is 0 Å². The Labute approximate surface area is 221 Å². The van der Waals surface area contributed by atoms with Crippen molar-refractivity contribution in [1.29, 1.82) is 0 Å². The minimum atomic E-state index is -0.239. The Bertz CT molecular complexity index is 1750. The number of anilines is 1. The van der Waals surface area contributed by atoms with E-state index in [9.17, 15) is 9.59 Å². The summed E-state index contributed by atoms with van der Waals surface area (Å²) in [6.45, 7) is 8.12. The molecule has 0 spiro atoms. The molecule has 0 unspecified atom stereocenters. The van der Waals surface area contributed by atoms with Gasteiger partial charge in [-0.25, -0.2) is 0 Å². The first-order valence-corrected chi connectivity index (χ1v) is 13.0. The smallest absolute Gasteiger partial charge is 0.296 e. The van der Waals surface area contributed by atoms with Crippen molar-refractivity contribution in [2.75, 3.05) is 24.5 Å². The minimum Gasteiger partial charge on any atom is -0.365 e. The van der Waals surface area contributed by atoms with E-state index in [1.54, 1.807) is 0 Å². The predicted octanol–water partition coefficient (Wildman–Crippen LogP) is 4.85. The van der Waals surface area contributed by atoms with Crippen LogP contribution in [-0.4, -0.2) is 50.8 Å².